The van der Waals surface area contributed by atoms with Crippen molar-refractivity contribution >= 4 is 11.8 Å². The van der Waals surface area contributed by atoms with Gasteiger partial charge in [0.1, 0.15) is 5.75 Å². The summed E-state index contributed by atoms with van der Waals surface area (Å²) in [6.07, 6.45) is 3.60. The van der Waals surface area contributed by atoms with Crippen LogP contribution in [0.1, 0.15) is 15.9 Å². The first-order chi connectivity index (χ1) is 12.6. The van der Waals surface area contributed by atoms with Crippen molar-refractivity contribution in [2.24, 2.45) is 5.73 Å². The summed E-state index contributed by atoms with van der Waals surface area (Å²) in [6.45, 7) is 3.78. The molecule has 26 heavy (non-hydrogen) atoms. The molecule has 2 aromatic rings. The molecular formula is C19H22N4O3. The molecule has 7 heteroatoms. The Hall–Kier alpha value is -2.93. The number of nitrogens with zero attached hydrogens (tertiary/aromatic N) is 3. The Labute approximate surface area is 152 Å². The van der Waals surface area contributed by atoms with Crippen molar-refractivity contribution in [2.45, 2.75) is 6.54 Å². The first-order valence-corrected chi connectivity index (χ1v) is 8.53. The highest BCUT2D eigenvalue weighted by atomic mass is 16.5. The average molecular weight is 354 g/mol. The van der Waals surface area contributed by atoms with Gasteiger partial charge in [-0.2, -0.15) is 0 Å². The van der Waals surface area contributed by atoms with Gasteiger partial charge in [-0.05, 0) is 42.0 Å². The minimum atomic E-state index is -0.533. The van der Waals surface area contributed by atoms with Crippen molar-refractivity contribution in [1.82, 2.24) is 14.8 Å². The molecule has 1 aliphatic heterocycles. The van der Waals surface area contributed by atoms with Crippen LogP contribution in [0.4, 0.5) is 0 Å². The number of nitrogens with two attached hydrogens (primary N) is 1. The molecule has 2 heterocycles. The lowest BCUT2D eigenvalue weighted by molar-refractivity contribution is -0.119. The maximum atomic E-state index is 12.6. The van der Waals surface area contributed by atoms with Crippen molar-refractivity contribution in [1.29, 1.82) is 0 Å². The second kappa shape index (κ2) is 8.44. The summed E-state index contributed by atoms with van der Waals surface area (Å²) in [5, 5.41) is 0. The highest BCUT2D eigenvalue weighted by Gasteiger charge is 2.22. The highest BCUT2D eigenvalue weighted by Crippen LogP contribution is 2.15. The minimum Gasteiger partial charge on any atom is -0.484 e. The van der Waals surface area contributed by atoms with Gasteiger partial charge in [0.15, 0.2) is 6.61 Å². The van der Waals surface area contributed by atoms with E-state index >= 15 is 0 Å². The van der Waals surface area contributed by atoms with Gasteiger partial charge in [0.25, 0.3) is 11.8 Å². The number of rotatable bonds is 6. The van der Waals surface area contributed by atoms with Gasteiger partial charge in [-0.25, -0.2) is 0 Å². The summed E-state index contributed by atoms with van der Waals surface area (Å²) in [5.74, 6) is -0.00711. The summed E-state index contributed by atoms with van der Waals surface area (Å²) in [6, 6.07) is 10.8. The monoisotopic (exact) mass is 354 g/mol. The molecule has 1 saturated heterocycles. The van der Waals surface area contributed by atoms with E-state index < -0.39 is 5.91 Å². The number of hydrogen-bond donors (Lipinski definition) is 1. The van der Waals surface area contributed by atoms with Crippen molar-refractivity contribution in [2.75, 3.05) is 32.8 Å². The Bertz CT molecular complexity index is 741. The van der Waals surface area contributed by atoms with E-state index in [4.69, 9.17) is 10.5 Å². The van der Waals surface area contributed by atoms with Gasteiger partial charge in [-0.15, -0.1) is 0 Å². The predicted molar refractivity (Wildman–Crippen MR) is 96.5 cm³/mol. The summed E-state index contributed by atoms with van der Waals surface area (Å²) >= 11 is 0. The summed E-state index contributed by atoms with van der Waals surface area (Å²) in [5.41, 5.74) is 6.88. The number of ether oxygens (including phenoxy) is 1. The van der Waals surface area contributed by atoms with Crippen LogP contribution in [0.15, 0.2) is 48.8 Å². The van der Waals surface area contributed by atoms with Crippen LogP contribution in [-0.4, -0.2) is 59.4 Å². The van der Waals surface area contributed by atoms with Crippen molar-refractivity contribution in [3.8, 4) is 5.75 Å². The number of aromatic nitrogens is 1. The largest absolute Gasteiger partial charge is 0.484 e. The maximum absolute atomic E-state index is 12.6. The second-order valence-electron chi connectivity index (χ2n) is 6.20. The highest BCUT2D eigenvalue weighted by molar-refractivity contribution is 5.94. The molecule has 0 atom stereocenters. The molecule has 0 spiro atoms. The smallest absolute Gasteiger partial charge is 0.255 e. The van der Waals surface area contributed by atoms with E-state index in [0.29, 0.717) is 24.4 Å². The fraction of sp³-hybridized carbons (Fsp3) is 0.316. The number of pyridine rings is 1. The molecule has 1 aromatic heterocycles. The third-order valence-corrected chi connectivity index (χ3v) is 4.30. The van der Waals surface area contributed by atoms with Crippen molar-refractivity contribution in [3.63, 3.8) is 0 Å². The van der Waals surface area contributed by atoms with Gasteiger partial charge in [0.2, 0.25) is 0 Å². The summed E-state index contributed by atoms with van der Waals surface area (Å²) in [4.78, 5) is 31.6. The van der Waals surface area contributed by atoms with E-state index in [1.165, 1.54) is 5.56 Å². The van der Waals surface area contributed by atoms with Gasteiger partial charge in [0, 0.05) is 50.7 Å². The summed E-state index contributed by atoms with van der Waals surface area (Å²) in [7, 11) is 0. The lowest BCUT2D eigenvalue weighted by atomic mass is 10.1. The van der Waals surface area contributed by atoms with E-state index in [-0.39, 0.29) is 12.5 Å². The molecular weight excluding hydrogens is 332 g/mol. The average Bonchev–Trinajstić information content (AvgIpc) is 2.68. The Morgan fingerprint density at radius 3 is 2.27 bits per heavy atom. The van der Waals surface area contributed by atoms with Gasteiger partial charge in [0.05, 0.1) is 0 Å². The van der Waals surface area contributed by atoms with Crippen molar-refractivity contribution in [3.05, 3.63) is 59.9 Å². The molecule has 0 unspecified atom stereocenters. The normalized spacial score (nSPS) is 14.8. The minimum absolute atomic E-state index is 0.00927. The Kier molecular flexibility index (Phi) is 5.80. The Morgan fingerprint density at radius 1 is 1.00 bits per heavy atom. The standard InChI is InChI=1S/C19H22N4O3/c20-18(24)14-26-17-3-1-16(2-4-17)19(25)23-11-9-22(10-12-23)13-15-5-7-21-8-6-15/h1-8H,9-14H2,(H2,20,24). The zero-order valence-electron chi connectivity index (χ0n) is 14.5. The third-order valence-electron chi connectivity index (χ3n) is 4.30. The van der Waals surface area contributed by atoms with Gasteiger partial charge in [-0.1, -0.05) is 0 Å². The molecule has 0 aliphatic carbocycles. The molecule has 0 bridgehead atoms. The first kappa shape index (κ1) is 17.9. The van der Waals surface area contributed by atoms with Gasteiger partial charge in [-0.3, -0.25) is 19.5 Å². The Morgan fingerprint density at radius 2 is 1.65 bits per heavy atom. The third kappa shape index (κ3) is 4.80. The topological polar surface area (TPSA) is 88.8 Å². The van der Waals surface area contributed by atoms with Crippen LogP contribution in [0.3, 0.4) is 0 Å². The lowest BCUT2D eigenvalue weighted by Gasteiger charge is -2.34. The molecule has 1 aromatic carbocycles. The van der Waals surface area contributed by atoms with Crippen LogP contribution in [0.5, 0.6) is 5.75 Å². The molecule has 0 radical (unpaired) electrons. The van der Waals surface area contributed by atoms with E-state index in [1.807, 2.05) is 17.0 Å². The van der Waals surface area contributed by atoms with E-state index in [9.17, 15) is 9.59 Å². The lowest BCUT2D eigenvalue weighted by Crippen LogP contribution is -2.48. The number of carbonyl (C=O) groups excluding carboxylic acids is 2. The van der Waals surface area contributed by atoms with Crippen LogP contribution in [0.25, 0.3) is 0 Å². The number of amides is 2. The molecule has 3 rings (SSSR count). The molecule has 136 valence electrons. The zero-order chi connectivity index (χ0) is 18.4. The molecule has 0 saturated carbocycles. The molecule has 2 N–H and O–H groups in total. The quantitative estimate of drug-likeness (QED) is 0.833. The molecule has 1 aliphatic rings. The van der Waals surface area contributed by atoms with Crippen LogP contribution >= 0.6 is 0 Å². The predicted octanol–water partition coefficient (Wildman–Crippen LogP) is 0.904. The Balaban J connectivity index is 1.51. The number of primary amides is 1. The number of carbonyl (C=O) groups is 2. The van der Waals surface area contributed by atoms with Crippen LogP contribution < -0.4 is 10.5 Å². The van der Waals surface area contributed by atoms with E-state index in [1.54, 1.807) is 36.7 Å². The van der Waals surface area contributed by atoms with Crippen LogP contribution in [0.2, 0.25) is 0 Å². The number of piperazine rings is 1. The SMILES string of the molecule is NC(=O)COc1ccc(C(=O)N2CCN(Cc3ccncc3)CC2)cc1. The molecule has 2 amide bonds. The van der Waals surface area contributed by atoms with Gasteiger partial charge >= 0.3 is 0 Å². The fourth-order valence-corrected chi connectivity index (χ4v) is 2.89. The maximum Gasteiger partial charge on any atom is 0.255 e. The first-order valence-electron chi connectivity index (χ1n) is 8.53. The summed E-state index contributed by atoms with van der Waals surface area (Å²) < 4.78 is 5.21. The number of benzene rings is 1. The van der Waals surface area contributed by atoms with Gasteiger partial charge < -0.3 is 15.4 Å². The van der Waals surface area contributed by atoms with Crippen LogP contribution in [-0.2, 0) is 11.3 Å². The van der Waals surface area contributed by atoms with Crippen LogP contribution in [0, 0.1) is 0 Å². The zero-order valence-corrected chi connectivity index (χ0v) is 14.5. The van der Waals surface area contributed by atoms with E-state index in [2.05, 4.69) is 9.88 Å². The molecule has 7 nitrogen and oxygen atoms in total. The fourth-order valence-electron chi connectivity index (χ4n) is 2.89. The molecule has 1 fully saturated rings. The number of hydrogen-bond acceptors (Lipinski definition) is 5. The second-order valence-corrected chi connectivity index (χ2v) is 6.20. The van der Waals surface area contributed by atoms with Crippen molar-refractivity contribution < 1.29 is 14.3 Å². The van der Waals surface area contributed by atoms with E-state index in [0.717, 1.165) is 19.6 Å².